The van der Waals surface area contributed by atoms with Gasteiger partial charge in [0, 0.05) is 30.7 Å². The van der Waals surface area contributed by atoms with Gasteiger partial charge in [-0.05, 0) is 30.4 Å². The van der Waals surface area contributed by atoms with Gasteiger partial charge in [0.2, 0.25) is 5.91 Å². The highest BCUT2D eigenvalue weighted by Gasteiger charge is 2.21. The molecule has 1 aliphatic carbocycles. The first-order valence-electron chi connectivity index (χ1n) is 7.03. The van der Waals surface area contributed by atoms with E-state index in [0.29, 0.717) is 6.42 Å². The van der Waals surface area contributed by atoms with Crippen LogP contribution in [0.4, 0.5) is 0 Å². The predicted octanol–water partition coefficient (Wildman–Crippen LogP) is 2.97. The van der Waals surface area contributed by atoms with Gasteiger partial charge in [0.05, 0.1) is 6.42 Å². The number of rotatable bonds is 4. The number of likely N-dealkylation sites (N-methyl/N-ethyl adjacent to an activating group) is 1. The summed E-state index contributed by atoms with van der Waals surface area (Å²) in [6.45, 7) is 0.918. The van der Waals surface area contributed by atoms with E-state index in [1.807, 2.05) is 36.3 Å². The standard InChI is InChI=1S/C16H20N2O/c1-18(11-12-5-4-6-12)16(19)9-13-10-17-15-8-3-2-7-14(13)15/h2-3,7-8,10,12,17H,4-6,9,11H2,1H3. The van der Waals surface area contributed by atoms with E-state index in [4.69, 9.17) is 0 Å². The van der Waals surface area contributed by atoms with Crippen LogP contribution in [-0.2, 0) is 11.2 Å². The molecular weight excluding hydrogens is 236 g/mol. The molecule has 2 aromatic rings. The van der Waals surface area contributed by atoms with E-state index in [1.54, 1.807) is 0 Å². The topological polar surface area (TPSA) is 36.1 Å². The van der Waals surface area contributed by atoms with Gasteiger partial charge in [-0.2, -0.15) is 0 Å². The lowest BCUT2D eigenvalue weighted by Crippen LogP contribution is -2.35. The van der Waals surface area contributed by atoms with Gasteiger partial charge in [-0.25, -0.2) is 0 Å². The molecule has 3 nitrogen and oxygen atoms in total. The average molecular weight is 256 g/mol. The highest BCUT2D eigenvalue weighted by Crippen LogP contribution is 2.27. The van der Waals surface area contributed by atoms with Gasteiger partial charge in [0.1, 0.15) is 0 Å². The lowest BCUT2D eigenvalue weighted by atomic mass is 9.85. The van der Waals surface area contributed by atoms with Gasteiger partial charge in [0.25, 0.3) is 0 Å². The number of aromatic nitrogens is 1. The zero-order valence-corrected chi connectivity index (χ0v) is 11.4. The molecule has 1 N–H and O–H groups in total. The fraction of sp³-hybridized carbons (Fsp3) is 0.438. The number of para-hydroxylation sites is 1. The Morgan fingerprint density at radius 2 is 2.16 bits per heavy atom. The van der Waals surface area contributed by atoms with Crippen LogP contribution in [0.2, 0.25) is 0 Å². The third-order valence-electron chi connectivity index (χ3n) is 4.20. The molecular formula is C16H20N2O. The molecule has 1 amide bonds. The van der Waals surface area contributed by atoms with Crippen LogP contribution in [0.25, 0.3) is 10.9 Å². The first-order chi connectivity index (χ1) is 9.24. The van der Waals surface area contributed by atoms with E-state index in [9.17, 15) is 4.79 Å². The molecule has 0 unspecified atom stereocenters. The third-order valence-corrected chi connectivity index (χ3v) is 4.20. The minimum absolute atomic E-state index is 0.219. The molecule has 100 valence electrons. The van der Waals surface area contributed by atoms with E-state index in [1.165, 1.54) is 19.3 Å². The van der Waals surface area contributed by atoms with E-state index < -0.39 is 0 Å². The van der Waals surface area contributed by atoms with E-state index in [-0.39, 0.29) is 5.91 Å². The molecule has 0 bridgehead atoms. The maximum Gasteiger partial charge on any atom is 0.226 e. The molecule has 3 heteroatoms. The van der Waals surface area contributed by atoms with E-state index in [2.05, 4.69) is 11.1 Å². The Labute approximate surface area is 113 Å². The Bertz CT molecular complexity index is 583. The first kappa shape index (κ1) is 12.3. The number of hydrogen-bond donors (Lipinski definition) is 1. The maximum atomic E-state index is 12.2. The number of nitrogens with one attached hydrogen (secondary N) is 1. The van der Waals surface area contributed by atoms with Crippen molar-refractivity contribution < 1.29 is 4.79 Å². The molecule has 0 atom stereocenters. The molecule has 1 aliphatic rings. The largest absolute Gasteiger partial charge is 0.361 e. The Hall–Kier alpha value is -1.77. The van der Waals surface area contributed by atoms with Crippen LogP contribution >= 0.6 is 0 Å². The van der Waals surface area contributed by atoms with Crippen molar-refractivity contribution in [2.75, 3.05) is 13.6 Å². The summed E-state index contributed by atoms with van der Waals surface area (Å²) < 4.78 is 0. The van der Waals surface area contributed by atoms with Crippen LogP contribution in [0.5, 0.6) is 0 Å². The molecule has 1 aromatic heterocycles. The summed E-state index contributed by atoms with van der Waals surface area (Å²) in [6, 6.07) is 8.14. The number of benzene rings is 1. The van der Waals surface area contributed by atoms with Crippen LogP contribution in [0.15, 0.2) is 30.5 Å². The van der Waals surface area contributed by atoms with Gasteiger partial charge >= 0.3 is 0 Å². The predicted molar refractivity (Wildman–Crippen MR) is 77.0 cm³/mol. The first-order valence-corrected chi connectivity index (χ1v) is 7.03. The van der Waals surface area contributed by atoms with Crippen molar-refractivity contribution in [2.24, 2.45) is 5.92 Å². The number of aromatic amines is 1. The summed E-state index contributed by atoms with van der Waals surface area (Å²) in [5.41, 5.74) is 2.20. The van der Waals surface area contributed by atoms with Crippen molar-refractivity contribution in [1.82, 2.24) is 9.88 Å². The quantitative estimate of drug-likeness (QED) is 0.897. The minimum atomic E-state index is 0.219. The molecule has 3 rings (SSSR count). The number of amides is 1. The molecule has 1 heterocycles. The smallest absolute Gasteiger partial charge is 0.226 e. The van der Waals surface area contributed by atoms with Crippen molar-refractivity contribution in [3.8, 4) is 0 Å². The zero-order valence-electron chi connectivity index (χ0n) is 11.4. The second kappa shape index (κ2) is 5.08. The van der Waals surface area contributed by atoms with Crippen molar-refractivity contribution in [3.63, 3.8) is 0 Å². The molecule has 1 saturated carbocycles. The highest BCUT2D eigenvalue weighted by molar-refractivity contribution is 5.88. The number of nitrogens with zero attached hydrogens (tertiary/aromatic N) is 1. The molecule has 0 aliphatic heterocycles. The van der Waals surface area contributed by atoms with Crippen LogP contribution in [0, 0.1) is 5.92 Å². The molecule has 1 aromatic carbocycles. The van der Waals surface area contributed by atoms with E-state index >= 15 is 0 Å². The van der Waals surface area contributed by atoms with Crippen molar-refractivity contribution in [2.45, 2.75) is 25.7 Å². The summed E-state index contributed by atoms with van der Waals surface area (Å²) in [6.07, 6.45) is 6.34. The normalized spacial score (nSPS) is 15.4. The SMILES string of the molecule is CN(CC1CCC1)C(=O)Cc1c[nH]c2ccccc12. The molecule has 0 spiro atoms. The number of carbonyl (C=O) groups excluding carboxylic acids is 1. The van der Waals surface area contributed by atoms with Crippen LogP contribution < -0.4 is 0 Å². The monoisotopic (exact) mass is 256 g/mol. The van der Waals surface area contributed by atoms with Crippen molar-refractivity contribution in [3.05, 3.63) is 36.0 Å². The number of fused-ring (bicyclic) bond motifs is 1. The van der Waals surface area contributed by atoms with Crippen LogP contribution in [0.1, 0.15) is 24.8 Å². The minimum Gasteiger partial charge on any atom is -0.361 e. The lowest BCUT2D eigenvalue weighted by Gasteiger charge is -2.30. The molecule has 0 saturated heterocycles. The third kappa shape index (κ3) is 2.50. The highest BCUT2D eigenvalue weighted by atomic mass is 16.2. The lowest BCUT2D eigenvalue weighted by molar-refractivity contribution is -0.130. The summed E-state index contributed by atoms with van der Waals surface area (Å²) >= 11 is 0. The van der Waals surface area contributed by atoms with Crippen molar-refractivity contribution in [1.29, 1.82) is 0 Å². The molecule has 19 heavy (non-hydrogen) atoms. The van der Waals surface area contributed by atoms with Gasteiger partial charge < -0.3 is 9.88 Å². The summed E-state index contributed by atoms with van der Waals surface area (Å²) in [7, 11) is 1.93. The van der Waals surface area contributed by atoms with Gasteiger partial charge in [-0.3, -0.25) is 4.79 Å². The Morgan fingerprint density at radius 1 is 1.37 bits per heavy atom. The van der Waals surface area contributed by atoms with E-state index in [0.717, 1.165) is 28.9 Å². The summed E-state index contributed by atoms with van der Waals surface area (Å²) in [4.78, 5) is 17.4. The van der Waals surface area contributed by atoms with Gasteiger partial charge in [0.15, 0.2) is 0 Å². The van der Waals surface area contributed by atoms with Gasteiger partial charge in [-0.1, -0.05) is 24.6 Å². The summed E-state index contributed by atoms with van der Waals surface area (Å²) in [5, 5.41) is 1.16. The number of carbonyl (C=O) groups is 1. The Balaban J connectivity index is 1.68. The number of hydrogen-bond acceptors (Lipinski definition) is 1. The second-order valence-electron chi connectivity index (χ2n) is 5.61. The summed E-state index contributed by atoms with van der Waals surface area (Å²) in [5.74, 6) is 0.952. The zero-order chi connectivity index (χ0) is 13.2. The maximum absolute atomic E-state index is 12.2. The van der Waals surface area contributed by atoms with Gasteiger partial charge in [-0.15, -0.1) is 0 Å². The van der Waals surface area contributed by atoms with Crippen molar-refractivity contribution >= 4 is 16.8 Å². The van der Waals surface area contributed by atoms with Crippen LogP contribution in [0.3, 0.4) is 0 Å². The fourth-order valence-corrected chi connectivity index (χ4v) is 2.74. The number of H-pyrrole nitrogens is 1. The Morgan fingerprint density at radius 3 is 2.89 bits per heavy atom. The Kier molecular flexibility index (Phi) is 3.28. The molecule has 1 fully saturated rings. The average Bonchev–Trinajstić information content (AvgIpc) is 2.77. The molecule has 0 radical (unpaired) electrons. The fourth-order valence-electron chi connectivity index (χ4n) is 2.74. The van der Waals surface area contributed by atoms with Crippen LogP contribution in [-0.4, -0.2) is 29.4 Å². The second-order valence-corrected chi connectivity index (χ2v) is 5.61.